The first-order valence-corrected chi connectivity index (χ1v) is 7.52. The van der Waals surface area contributed by atoms with Crippen LogP contribution in [0.1, 0.15) is 30.1 Å². The first kappa shape index (κ1) is 16.9. The van der Waals surface area contributed by atoms with Crippen molar-refractivity contribution in [1.29, 1.82) is 5.26 Å². The molecule has 0 aliphatic carbocycles. The molecule has 7 nitrogen and oxygen atoms in total. The smallest absolute Gasteiger partial charge is 0.293 e. The van der Waals surface area contributed by atoms with Gasteiger partial charge >= 0.3 is 0 Å². The zero-order valence-corrected chi connectivity index (χ0v) is 13.0. The number of ketones is 1. The van der Waals surface area contributed by atoms with Crippen molar-refractivity contribution in [2.45, 2.75) is 19.8 Å². The molecule has 1 aromatic rings. The maximum atomic E-state index is 11.5. The third-order valence-electron chi connectivity index (χ3n) is 3.92. The number of anilines is 1. The van der Waals surface area contributed by atoms with Gasteiger partial charge in [-0.25, -0.2) is 0 Å². The predicted molar refractivity (Wildman–Crippen MR) is 84.5 cm³/mol. The molecule has 0 bridgehead atoms. The fourth-order valence-electron chi connectivity index (χ4n) is 2.69. The number of Topliss-reactive ketones (excluding diaryl/α,β-unsaturated/α-hetero) is 1. The summed E-state index contributed by atoms with van der Waals surface area (Å²) < 4.78 is 5.36. The van der Waals surface area contributed by atoms with Gasteiger partial charge in [0, 0.05) is 37.2 Å². The minimum atomic E-state index is -0.480. The van der Waals surface area contributed by atoms with E-state index >= 15 is 0 Å². The topological polar surface area (TPSA) is 96.5 Å². The number of nitro benzene ring substituents is 1. The van der Waals surface area contributed by atoms with E-state index in [2.05, 4.69) is 6.07 Å². The second-order valence-electron chi connectivity index (χ2n) is 5.60. The summed E-state index contributed by atoms with van der Waals surface area (Å²) in [5, 5.41) is 20.2. The largest absolute Gasteiger partial charge is 0.381 e. The van der Waals surface area contributed by atoms with E-state index in [1.807, 2.05) is 4.90 Å². The number of hydrogen-bond donors (Lipinski definition) is 0. The second kappa shape index (κ2) is 7.70. The number of nitrogens with zero attached hydrogens (tertiary/aromatic N) is 3. The first-order chi connectivity index (χ1) is 11.0. The van der Waals surface area contributed by atoms with Crippen LogP contribution in [0.4, 0.5) is 11.4 Å². The van der Waals surface area contributed by atoms with Crippen LogP contribution in [-0.2, 0) is 4.74 Å². The Morgan fingerprint density at radius 1 is 1.57 bits per heavy atom. The standard InChI is InChI=1S/C16H19N3O4/c1-12(20)14-3-4-15(16(9-14)19(21)22)18(7-2-6-17)10-13-5-8-23-11-13/h3-4,9,13H,2,5,7-8,10-11H2,1H3/t13-/m0/s1. The van der Waals surface area contributed by atoms with Crippen molar-refractivity contribution in [3.8, 4) is 6.07 Å². The van der Waals surface area contributed by atoms with Crippen LogP contribution in [0.15, 0.2) is 18.2 Å². The Hall–Kier alpha value is -2.46. The molecule has 1 aliphatic rings. The summed E-state index contributed by atoms with van der Waals surface area (Å²) in [5.41, 5.74) is 0.654. The summed E-state index contributed by atoms with van der Waals surface area (Å²) in [6.07, 6.45) is 1.18. The lowest BCUT2D eigenvalue weighted by Crippen LogP contribution is -2.31. The van der Waals surface area contributed by atoms with Crippen molar-refractivity contribution in [2.24, 2.45) is 5.92 Å². The lowest BCUT2D eigenvalue weighted by molar-refractivity contribution is -0.384. The maximum Gasteiger partial charge on any atom is 0.293 e. The fourth-order valence-corrected chi connectivity index (χ4v) is 2.69. The molecule has 0 unspecified atom stereocenters. The maximum absolute atomic E-state index is 11.5. The summed E-state index contributed by atoms with van der Waals surface area (Å²) in [7, 11) is 0. The minimum Gasteiger partial charge on any atom is -0.381 e. The van der Waals surface area contributed by atoms with Crippen LogP contribution in [0.25, 0.3) is 0 Å². The van der Waals surface area contributed by atoms with E-state index in [0.29, 0.717) is 43.5 Å². The van der Waals surface area contributed by atoms with Gasteiger partial charge in [-0.3, -0.25) is 14.9 Å². The highest BCUT2D eigenvalue weighted by molar-refractivity contribution is 5.95. The van der Waals surface area contributed by atoms with Crippen LogP contribution in [0.5, 0.6) is 0 Å². The molecule has 122 valence electrons. The number of nitro groups is 1. The summed E-state index contributed by atoms with van der Waals surface area (Å²) >= 11 is 0. The highest BCUT2D eigenvalue weighted by Gasteiger charge is 2.25. The zero-order valence-electron chi connectivity index (χ0n) is 13.0. The van der Waals surface area contributed by atoms with E-state index in [9.17, 15) is 14.9 Å². The minimum absolute atomic E-state index is 0.102. The molecule has 23 heavy (non-hydrogen) atoms. The monoisotopic (exact) mass is 317 g/mol. The average Bonchev–Trinajstić information content (AvgIpc) is 3.03. The van der Waals surface area contributed by atoms with Gasteiger partial charge in [0.15, 0.2) is 5.78 Å². The van der Waals surface area contributed by atoms with Gasteiger partial charge in [-0.1, -0.05) is 0 Å². The highest BCUT2D eigenvalue weighted by atomic mass is 16.6. The predicted octanol–water partition coefficient (Wildman–Crippen LogP) is 2.55. The van der Waals surface area contributed by atoms with E-state index < -0.39 is 4.92 Å². The Labute approximate surface area is 134 Å². The Morgan fingerprint density at radius 2 is 2.35 bits per heavy atom. The molecule has 0 aromatic heterocycles. The first-order valence-electron chi connectivity index (χ1n) is 7.52. The lowest BCUT2D eigenvalue weighted by Gasteiger charge is -2.26. The van der Waals surface area contributed by atoms with E-state index in [-0.39, 0.29) is 17.9 Å². The van der Waals surface area contributed by atoms with Gasteiger partial charge in [0.2, 0.25) is 0 Å². The Kier molecular flexibility index (Phi) is 5.66. The van der Waals surface area contributed by atoms with Crippen molar-refractivity contribution in [3.63, 3.8) is 0 Å². The van der Waals surface area contributed by atoms with Crippen molar-refractivity contribution in [3.05, 3.63) is 33.9 Å². The second-order valence-corrected chi connectivity index (χ2v) is 5.60. The number of ether oxygens (including phenoxy) is 1. The number of rotatable bonds is 7. The summed E-state index contributed by atoms with van der Waals surface area (Å²) in [4.78, 5) is 24.2. The average molecular weight is 317 g/mol. The number of hydrogen-bond acceptors (Lipinski definition) is 6. The van der Waals surface area contributed by atoms with E-state index in [1.165, 1.54) is 13.0 Å². The molecule has 1 atom stereocenters. The summed E-state index contributed by atoms with van der Waals surface area (Å²) in [5.74, 6) is 0.0770. The Morgan fingerprint density at radius 3 is 2.91 bits per heavy atom. The van der Waals surface area contributed by atoms with Crippen LogP contribution in [0, 0.1) is 27.4 Å². The molecule has 1 fully saturated rings. The van der Waals surface area contributed by atoms with Gasteiger partial charge in [0.1, 0.15) is 5.69 Å². The Bertz CT molecular complexity index is 633. The molecule has 7 heteroatoms. The third kappa shape index (κ3) is 4.27. The molecule has 1 aliphatic heterocycles. The zero-order chi connectivity index (χ0) is 16.8. The SMILES string of the molecule is CC(=O)c1ccc(N(CCC#N)C[C@@H]2CCOC2)c([N+](=O)[O-])c1. The molecular formula is C16H19N3O4. The van der Waals surface area contributed by atoms with Crippen LogP contribution in [0.3, 0.4) is 0 Å². The third-order valence-corrected chi connectivity index (χ3v) is 3.92. The Balaban J connectivity index is 2.33. The molecule has 1 heterocycles. The molecule has 0 spiro atoms. The van der Waals surface area contributed by atoms with Crippen molar-refractivity contribution in [2.75, 3.05) is 31.2 Å². The molecule has 0 amide bonds. The molecule has 0 saturated carbocycles. The molecular weight excluding hydrogens is 298 g/mol. The molecule has 1 saturated heterocycles. The molecule has 0 N–H and O–H groups in total. The lowest BCUT2D eigenvalue weighted by atomic mass is 10.1. The summed E-state index contributed by atoms with van der Waals surface area (Å²) in [6, 6.07) is 6.57. The van der Waals surface area contributed by atoms with E-state index in [0.717, 1.165) is 6.42 Å². The normalized spacial score (nSPS) is 16.8. The van der Waals surface area contributed by atoms with Gasteiger partial charge in [-0.15, -0.1) is 0 Å². The molecule has 1 aromatic carbocycles. The van der Waals surface area contributed by atoms with E-state index in [1.54, 1.807) is 12.1 Å². The summed E-state index contributed by atoms with van der Waals surface area (Å²) in [6.45, 7) is 3.71. The number of carbonyl (C=O) groups excluding carboxylic acids is 1. The van der Waals surface area contributed by atoms with Crippen LogP contribution >= 0.6 is 0 Å². The van der Waals surface area contributed by atoms with Crippen LogP contribution < -0.4 is 4.90 Å². The molecule has 2 rings (SSSR count). The van der Waals surface area contributed by atoms with Gasteiger partial charge in [-0.2, -0.15) is 5.26 Å². The van der Waals surface area contributed by atoms with Gasteiger partial charge < -0.3 is 9.64 Å². The number of carbonyl (C=O) groups is 1. The number of benzene rings is 1. The van der Waals surface area contributed by atoms with Crippen LogP contribution in [0.2, 0.25) is 0 Å². The van der Waals surface area contributed by atoms with Crippen molar-refractivity contribution < 1.29 is 14.5 Å². The van der Waals surface area contributed by atoms with Gasteiger partial charge in [-0.05, 0) is 25.5 Å². The highest BCUT2D eigenvalue weighted by Crippen LogP contribution is 2.31. The van der Waals surface area contributed by atoms with Crippen molar-refractivity contribution in [1.82, 2.24) is 0 Å². The van der Waals surface area contributed by atoms with Gasteiger partial charge in [0.25, 0.3) is 5.69 Å². The van der Waals surface area contributed by atoms with Gasteiger partial charge in [0.05, 0.1) is 24.0 Å². The van der Waals surface area contributed by atoms with E-state index in [4.69, 9.17) is 10.00 Å². The number of nitriles is 1. The molecule has 0 radical (unpaired) electrons. The van der Waals surface area contributed by atoms with Crippen LogP contribution in [-0.4, -0.2) is 37.0 Å². The van der Waals surface area contributed by atoms with Crippen molar-refractivity contribution >= 4 is 17.2 Å². The quantitative estimate of drug-likeness (QED) is 0.435. The fraction of sp³-hybridized carbons (Fsp3) is 0.500.